The van der Waals surface area contributed by atoms with Gasteiger partial charge in [0.25, 0.3) is 0 Å². The van der Waals surface area contributed by atoms with Crippen LogP contribution in [0.3, 0.4) is 0 Å². The van der Waals surface area contributed by atoms with Crippen molar-refractivity contribution in [2.45, 2.75) is 139 Å². The van der Waals surface area contributed by atoms with Crippen LogP contribution in [0.1, 0.15) is 143 Å². The molecule has 0 aliphatic carbocycles. The number of aryl methyl sites for hydroxylation is 2. The molecule has 2 saturated heterocycles. The van der Waals surface area contributed by atoms with Gasteiger partial charge in [0.1, 0.15) is 24.8 Å². The molecule has 516 valence electrons. The van der Waals surface area contributed by atoms with Gasteiger partial charge in [0, 0.05) is 27.2 Å². The summed E-state index contributed by atoms with van der Waals surface area (Å²) < 4.78 is 202. The van der Waals surface area contributed by atoms with Crippen LogP contribution in [0.25, 0.3) is 0 Å². The van der Waals surface area contributed by atoms with Gasteiger partial charge < -0.3 is 39.7 Å². The number of nitrogens with one attached hydrogen (secondary N) is 2. The molecule has 0 radical (unpaired) electrons. The first-order valence-corrected chi connectivity index (χ1v) is 30.3. The average Bonchev–Trinajstić information content (AvgIpc) is 0.777. The Morgan fingerprint density at radius 2 is 0.833 bits per heavy atom. The predicted octanol–water partition coefficient (Wildman–Crippen LogP) is 18.7. The van der Waals surface area contributed by atoms with Crippen molar-refractivity contribution in [2.75, 3.05) is 27.2 Å². The summed E-state index contributed by atoms with van der Waals surface area (Å²) in [7, 11) is 2.58. The van der Waals surface area contributed by atoms with E-state index in [4.69, 9.17) is 9.47 Å². The molecule has 0 unspecified atom stereocenters. The zero-order valence-corrected chi connectivity index (χ0v) is 53.2. The second-order valence-electron chi connectivity index (χ2n) is 24.1. The molecular weight excluding hydrogens is 1290 g/mol. The molecule has 0 aromatic heterocycles. The van der Waals surface area contributed by atoms with E-state index in [0.717, 1.165) is 20.9 Å². The largest absolute Gasteiger partial charge is 0.445 e. The third-order valence-corrected chi connectivity index (χ3v) is 17.4. The molecule has 0 spiro atoms. The fourth-order valence-electron chi connectivity index (χ4n) is 12.0. The smallest absolute Gasteiger partial charge is 0.416 e. The van der Waals surface area contributed by atoms with Gasteiger partial charge in [0.05, 0.1) is 57.5 Å². The number of benzene rings is 6. The van der Waals surface area contributed by atoms with Crippen molar-refractivity contribution < 1.29 is 90.1 Å². The number of urea groups is 2. The highest BCUT2D eigenvalue weighted by molar-refractivity contribution is 5.77. The van der Waals surface area contributed by atoms with Gasteiger partial charge in [-0.1, -0.05) is 84.9 Å². The van der Waals surface area contributed by atoms with Gasteiger partial charge in [-0.3, -0.25) is 0 Å². The number of alkyl halides is 12. The number of ether oxygens (including phenoxy) is 2. The van der Waals surface area contributed by atoms with E-state index in [2.05, 4.69) is 23.8 Å². The van der Waals surface area contributed by atoms with Crippen LogP contribution >= 0.6 is 0 Å². The monoisotopic (exact) mass is 1360 g/mol. The highest BCUT2D eigenvalue weighted by Gasteiger charge is 2.47. The van der Waals surface area contributed by atoms with Crippen molar-refractivity contribution in [2.24, 2.45) is 0 Å². The molecule has 26 heteroatoms. The number of carbonyl (C=O) groups is 4. The molecule has 2 fully saturated rings. The van der Waals surface area contributed by atoms with E-state index in [-0.39, 0.29) is 88.1 Å². The molecule has 6 atom stereocenters. The van der Waals surface area contributed by atoms with Crippen LogP contribution in [0, 0.1) is 25.5 Å². The van der Waals surface area contributed by atoms with E-state index in [9.17, 15) is 80.6 Å². The van der Waals surface area contributed by atoms with E-state index in [1.54, 1.807) is 74.5 Å². The second-order valence-corrected chi connectivity index (χ2v) is 24.1. The first-order valence-electron chi connectivity index (χ1n) is 30.3. The standard InChI is InChI=1S/2C35H36F7N3O3/c2*1-5-13-33(43-31(46)48-21-24-9-7-6-8-10-24)14-15-45(30(20-33)29-12-11-28(36)16-22(29)2)32(47)44(4)23(3)25-17-26(34(37,38)39)19-27(18-25)35(40,41)42/h2*5-12,16-19,23,30H,1,13-15,20-21H2,2-4H3,(H,43,46)/t23-,30+,33-;23-,30-,33+/m01/s1. The summed E-state index contributed by atoms with van der Waals surface area (Å²) in [6.07, 6.45) is -17.2. The maximum atomic E-state index is 14.2. The summed E-state index contributed by atoms with van der Waals surface area (Å²) in [6, 6.07) is 23.3. The van der Waals surface area contributed by atoms with Gasteiger partial charge in [0.15, 0.2) is 0 Å². The maximum Gasteiger partial charge on any atom is 0.416 e. The summed E-state index contributed by atoms with van der Waals surface area (Å²) in [5.74, 6) is -1.03. The SMILES string of the molecule is C=CC[C@]1(NC(=O)OCc2ccccc2)CCN(C(=O)N(C)[C@@H](C)c2cc(C(F)(F)F)cc(C(F)(F)F)c2)[C@@H](c2ccc(F)cc2C)C1.C=CC[C@]1(NC(=O)OCc2ccccc2)CCN(C(=O)N(C)[C@H](C)c2cc(C(F)(F)F)cc(C(F)(F)F)c2)[C@@H](c2ccc(F)cc2C)C1. The molecule has 6 amide bonds. The van der Waals surface area contributed by atoms with Crippen molar-refractivity contribution in [1.29, 1.82) is 0 Å². The molecule has 2 heterocycles. The Morgan fingerprint density at radius 1 is 0.521 bits per heavy atom. The normalized spacial score (nSPS) is 19.0. The van der Waals surface area contributed by atoms with Gasteiger partial charge in [0.2, 0.25) is 0 Å². The lowest BCUT2D eigenvalue weighted by Gasteiger charge is -2.48. The molecule has 2 N–H and O–H groups in total. The fourth-order valence-corrected chi connectivity index (χ4v) is 12.0. The van der Waals surface area contributed by atoms with Crippen molar-refractivity contribution >= 4 is 24.2 Å². The molecule has 6 aromatic rings. The van der Waals surface area contributed by atoms with E-state index in [1.807, 2.05) is 12.1 Å². The number of likely N-dealkylation sites (tertiary alicyclic amines) is 2. The van der Waals surface area contributed by atoms with Crippen LogP contribution in [0.15, 0.2) is 159 Å². The van der Waals surface area contributed by atoms with Gasteiger partial charge in [-0.05, 0) is 171 Å². The van der Waals surface area contributed by atoms with E-state index in [0.29, 0.717) is 46.5 Å². The Balaban J connectivity index is 0.000000271. The number of amides is 6. The van der Waals surface area contributed by atoms with Crippen molar-refractivity contribution in [3.05, 3.63) is 237 Å². The Bertz CT molecular complexity index is 3430. The van der Waals surface area contributed by atoms with E-state index >= 15 is 0 Å². The lowest BCUT2D eigenvalue weighted by Crippen LogP contribution is -2.58. The average molecular weight is 1360 g/mol. The third-order valence-electron chi connectivity index (χ3n) is 17.4. The van der Waals surface area contributed by atoms with Gasteiger partial charge in [-0.2, -0.15) is 52.7 Å². The zero-order chi connectivity index (χ0) is 70.9. The fraction of sp³-hybridized carbons (Fsp3) is 0.371. The lowest BCUT2D eigenvalue weighted by molar-refractivity contribution is -0.144. The molecule has 6 aromatic carbocycles. The number of halogens is 14. The van der Waals surface area contributed by atoms with Crippen LogP contribution in [0.4, 0.5) is 80.6 Å². The molecular formula is C70H72F14N6O6. The topological polar surface area (TPSA) is 124 Å². The summed E-state index contributed by atoms with van der Waals surface area (Å²) in [4.78, 5) is 59.2. The van der Waals surface area contributed by atoms with Crippen LogP contribution in [-0.4, -0.2) is 82.1 Å². The maximum absolute atomic E-state index is 14.2. The van der Waals surface area contributed by atoms with Gasteiger partial charge in [-0.15, -0.1) is 13.2 Å². The van der Waals surface area contributed by atoms with Crippen molar-refractivity contribution in [3.8, 4) is 0 Å². The van der Waals surface area contributed by atoms with Crippen LogP contribution in [-0.2, 0) is 47.4 Å². The first kappa shape index (κ1) is 74.3. The Hall–Kier alpha value is -9.10. The number of nitrogens with zero attached hydrogens (tertiary/aromatic N) is 4. The summed E-state index contributed by atoms with van der Waals surface area (Å²) in [6.45, 7) is 13.7. The highest BCUT2D eigenvalue weighted by Crippen LogP contribution is 2.46. The minimum Gasteiger partial charge on any atom is -0.445 e. The van der Waals surface area contributed by atoms with Crippen LogP contribution < -0.4 is 10.6 Å². The molecule has 8 rings (SSSR count). The molecule has 2 aliphatic heterocycles. The molecule has 0 bridgehead atoms. The molecule has 0 saturated carbocycles. The van der Waals surface area contributed by atoms with Gasteiger partial charge in [-0.25, -0.2) is 28.0 Å². The number of alkyl carbamates (subject to hydrolysis) is 2. The minimum absolute atomic E-state index is 0.0101. The third kappa shape index (κ3) is 18.7. The van der Waals surface area contributed by atoms with Crippen molar-refractivity contribution in [1.82, 2.24) is 30.2 Å². The molecule has 2 aliphatic rings. The number of hydrogen-bond acceptors (Lipinski definition) is 6. The first-order chi connectivity index (χ1) is 44.9. The Kier molecular flexibility index (Phi) is 23.5. The number of hydrogen-bond donors (Lipinski definition) is 2. The summed E-state index contributed by atoms with van der Waals surface area (Å²) in [5, 5.41) is 5.88. The summed E-state index contributed by atoms with van der Waals surface area (Å²) in [5.41, 5.74) is -4.93. The Morgan fingerprint density at radius 3 is 1.11 bits per heavy atom. The quantitative estimate of drug-likeness (QED) is 0.0735. The molecule has 96 heavy (non-hydrogen) atoms. The number of rotatable bonds is 16. The minimum atomic E-state index is -5.06. The van der Waals surface area contributed by atoms with Gasteiger partial charge >= 0.3 is 49.0 Å². The van der Waals surface area contributed by atoms with E-state index in [1.165, 1.54) is 74.1 Å². The summed E-state index contributed by atoms with van der Waals surface area (Å²) >= 11 is 0. The van der Waals surface area contributed by atoms with Crippen LogP contribution in [0.5, 0.6) is 0 Å². The highest BCUT2D eigenvalue weighted by atomic mass is 19.4. The van der Waals surface area contributed by atoms with Crippen molar-refractivity contribution in [3.63, 3.8) is 0 Å². The molecule has 12 nitrogen and oxygen atoms in total. The number of carbonyl (C=O) groups excluding carboxylic acids is 4. The lowest BCUT2D eigenvalue weighted by atomic mass is 9.77. The van der Waals surface area contributed by atoms with Crippen LogP contribution in [0.2, 0.25) is 0 Å². The zero-order valence-electron chi connectivity index (χ0n) is 53.2. The second kappa shape index (κ2) is 30.3. The van der Waals surface area contributed by atoms with E-state index < -0.39 is 118 Å². The number of piperidine rings is 2. The Labute approximate surface area is 546 Å². The predicted molar refractivity (Wildman–Crippen MR) is 330 cm³/mol.